The molecule has 1 N–H and O–H groups in total. The van der Waals surface area contributed by atoms with Crippen LogP contribution in [0.15, 0.2) is 24.9 Å². The molecule has 0 bridgehead atoms. The number of anilines is 1. The second-order valence-electron chi connectivity index (χ2n) is 4.34. The summed E-state index contributed by atoms with van der Waals surface area (Å²) in [7, 11) is 1.92. The third-order valence-electron chi connectivity index (χ3n) is 2.90. The molecule has 0 atom stereocenters. The summed E-state index contributed by atoms with van der Waals surface area (Å²) in [6.45, 7) is 5.41. The van der Waals surface area contributed by atoms with Crippen LogP contribution in [-0.4, -0.2) is 24.6 Å². The molecule has 1 aliphatic carbocycles. The molecule has 0 aromatic carbocycles. The standard InChI is InChI=1S/C13H18ClN3/c1-3-6-17(11-4-5-11)13-7-10(8-15-2)12(14)9-16-13/h3,7,9,11,15H,1,4-6,8H2,2H3. The topological polar surface area (TPSA) is 28.2 Å². The van der Waals surface area contributed by atoms with E-state index < -0.39 is 0 Å². The maximum atomic E-state index is 6.11. The Morgan fingerprint density at radius 2 is 2.41 bits per heavy atom. The second-order valence-corrected chi connectivity index (χ2v) is 4.74. The number of nitrogens with zero attached hydrogens (tertiary/aromatic N) is 2. The largest absolute Gasteiger partial charge is 0.350 e. The Labute approximate surface area is 107 Å². The van der Waals surface area contributed by atoms with Crippen LogP contribution < -0.4 is 10.2 Å². The van der Waals surface area contributed by atoms with E-state index >= 15 is 0 Å². The van der Waals surface area contributed by atoms with Crippen LogP contribution in [0.5, 0.6) is 0 Å². The first-order valence-corrected chi connectivity index (χ1v) is 6.30. The van der Waals surface area contributed by atoms with Crippen LogP contribution in [-0.2, 0) is 6.54 Å². The predicted molar refractivity (Wildman–Crippen MR) is 72.6 cm³/mol. The highest BCUT2D eigenvalue weighted by Crippen LogP contribution is 2.31. The lowest BCUT2D eigenvalue weighted by Gasteiger charge is -2.22. The van der Waals surface area contributed by atoms with Gasteiger partial charge in [-0.1, -0.05) is 17.7 Å². The fourth-order valence-corrected chi connectivity index (χ4v) is 2.08. The van der Waals surface area contributed by atoms with Crippen LogP contribution in [0.25, 0.3) is 0 Å². The Morgan fingerprint density at radius 3 is 3.00 bits per heavy atom. The van der Waals surface area contributed by atoms with Gasteiger partial charge in [-0.05, 0) is 31.5 Å². The van der Waals surface area contributed by atoms with Gasteiger partial charge in [0, 0.05) is 25.3 Å². The zero-order valence-corrected chi connectivity index (χ0v) is 10.9. The van der Waals surface area contributed by atoms with Gasteiger partial charge in [-0.3, -0.25) is 0 Å². The average molecular weight is 252 g/mol. The van der Waals surface area contributed by atoms with Crippen LogP contribution in [0.3, 0.4) is 0 Å². The molecule has 1 saturated carbocycles. The van der Waals surface area contributed by atoms with Gasteiger partial charge in [0.25, 0.3) is 0 Å². The summed E-state index contributed by atoms with van der Waals surface area (Å²) in [6, 6.07) is 2.70. The summed E-state index contributed by atoms with van der Waals surface area (Å²) in [5, 5.41) is 3.84. The summed E-state index contributed by atoms with van der Waals surface area (Å²) in [5.74, 6) is 1.00. The van der Waals surface area contributed by atoms with E-state index in [2.05, 4.69) is 27.8 Å². The normalized spacial score (nSPS) is 14.7. The minimum atomic E-state index is 0.629. The zero-order chi connectivity index (χ0) is 12.3. The Hall–Kier alpha value is -1.06. The number of nitrogens with one attached hydrogen (secondary N) is 1. The fraction of sp³-hybridized carbons (Fsp3) is 0.462. The van der Waals surface area contributed by atoms with E-state index in [9.17, 15) is 0 Å². The molecule has 1 aliphatic rings. The quantitative estimate of drug-likeness (QED) is 0.788. The molecule has 4 heteroatoms. The number of hydrogen-bond donors (Lipinski definition) is 1. The monoisotopic (exact) mass is 251 g/mol. The molecular weight excluding hydrogens is 234 g/mol. The van der Waals surface area contributed by atoms with Crippen molar-refractivity contribution in [2.75, 3.05) is 18.5 Å². The van der Waals surface area contributed by atoms with Gasteiger partial charge in [0.15, 0.2) is 0 Å². The lowest BCUT2D eigenvalue weighted by molar-refractivity contribution is 0.804. The number of hydrogen-bond acceptors (Lipinski definition) is 3. The first-order chi connectivity index (χ1) is 8.26. The lowest BCUT2D eigenvalue weighted by Crippen LogP contribution is -2.26. The average Bonchev–Trinajstić information content (AvgIpc) is 3.14. The molecule has 17 heavy (non-hydrogen) atoms. The third-order valence-corrected chi connectivity index (χ3v) is 3.24. The maximum Gasteiger partial charge on any atom is 0.129 e. The summed E-state index contributed by atoms with van der Waals surface area (Å²) < 4.78 is 0. The van der Waals surface area contributed by atoms with Crippen LogP contribution in [0, 0.1) is 0 Å². The number of rotatable bonds is 6. The molecule has 0 radical (unpaired) electrons. The smallest absolute Gasteiger partial charge is 0.129 e. The molecule has 0 spiro atoms. The van der Waals surface area contributed by atoms with E-state index in [4.69, 9.17) is 11.6 Å². The van der Waals surface area contributed by atoms with Gasteiger partial charge < -0.3 is 10.2 Å². The molecule has 92 valence electrons. The highest BCUT2D eigenvalue weighted by molar-refractivity contribution is 6.31. The van der Waals surface area contributed by atoms with E-state index in [-0.39, 0.29) is 0 Å². The Bertz CT molecular complexity index is 402. The second kappa shape index (κ2) is 5.52. The van der Waals surface area contributed by atoms with Crippen molar-refractivity contribution in [1.29, 1.82) is 0 Å². The highest BCUT2D eigenvalue weighted by atomic mass is 35.5. The predicted octanol–water partition coefficient (Wildman–Crippen LogP) is 2.61. The summed E-state index contributed by atoms with van der Waals surface area (Å²) in [4.78, 5) is 6.71. The van der Waals surface area contributed by atoms with Gasteiger partial charge in [-0.15, -0.1) is 6.58 Å². The molecule has 2 rings (SSSR count). The first-order valence-electron chi connectivity index (χ1n) is 5.92. The molecule has 1 heterocycles. The van der Waals surface area contributed by atoms with Gasteiger partial charge in [-0.25, -0.2) is 4.98 Å². The molecule has 3 nitrogen and oxygen atoms in total. The number of pyridine rings is 1. The van der Waals surface area contributed by atoms with Crippen molar-refractivity contribution in [1.82, 2.24) is 10.3 Å². The van der Waals surface area contributed by atoms with Crippen molar-refractivity contribution >= 4 is 17.4 Å². The van der Waals surface area contributed by atoms with Crippen molar-refractivity contribution in [2.24, 2.45) is 0 Å². The minimum Gasteiger partial charge on any atom is -0.350 e. The molecule has 1 aromatic rings. The summed E-state index contributed by atoms with van der Waals surface area (Å²) >= 11 is 6.11. The van der Waals surface area contributed by atoms with Gasteiger partial charge in [0.05, 0.1) is 5.02 Å². The zero-order valence-electron chi connectivity index (χ0n) is 10.1. The van der Waals surface area contributed by atoms with Gasteiger partial charge in [0.1, 0.15) is 5.82 Å². The third kappa shape index (κ3) is 2.99. The van der Waals surface area contributed by atoms with Crippen molar-refractivity contribution in [3.63, 3.8) is 0 Å². The SMILES string of the molecule is C=CCN(c1cc(CNC)c(Cl)cn1)C1CC1. The highest BCUT2D eigenvalue weighted by Gasteiger charge is 2.29. The van der Waals surface area contributed by atoms with Crippen LogP contribution in [0.1, 0.15) is 18.4 Å². The van der Waals surface area contributed by atoms with Crippen molar-refractivity contribution in [3.05, 3.63) is 35.5 Å². The minimum absolute atomic E-state index is 0.629. The van der Waals surface area contributed by atoms with Crippen molar-refractivity contribution < 1.29 is 0 Å². The maximum absolute atomic E-state index is 6.11. The van der Waals surface area contributed by atoms with Crippen molar-refractivity contribution in [3.8, 4) is 0 Å². The van der Waals surface area contributed by atoms with E-state index in [1.54, 1.807) is 6.20 Å². The van der Waals surface area contributed by atoms with Crippen LogP contribution >= 0.6 is 11.6 Å². The molecule has 0 saturated heterocycles. The molecular formula is C13H18ClN3. The van der Waals surface area contributed by atoms with Gasteiger partial charge in [-0.2, -0.15) is 0 Å². The lowest BCUT2D eigenvalue weighted by atomic mass is 10.2. The molecule has 0 amide bonds. The Kier molecular flexibility index (Phi) is 4.02. The van der Waals surface area contributed by atoms with Crippen LogP contribution in [0.4, 0.5) is 5.82 Å². The molecule has 1 aromatic heterocycles. The summed E-state index contributed by atoms with van der Waals surface area (Å²) in [5.41, 5.74) is 1.09. The molecule has 1 fully saturated rings. The van der Waals surface area contributed by atoms with Gasteiger partial charge >= 0.3 is 0 Å². The Morgan fingerprint density at radius 1 is 1.65 bits per heavy atom. The first kappa shape index (κ1) is 12.4. The van der Waals surface area contributed by atoms with E-state index in [0.717, 1.165) is 29.5 Å². The van der Waals surface area contributed by atoms with E-state index in [1.165, 1.54) is 12.8 Å². The fourth-order valence-electron chi connectivity index (χ4n) is 1.91. The number of halogens is 1. The van der Waals surface area contributed by atoms with E-state index in [1.807, 2.05) is 13.1 Å². The molecule has 0 unspecified atom stereocenters. The van der Waals surface area contributed by atoms with Crippen LogP contribution in [0.2, 0.25) is 5.02 Å². The van der Waals surface area contributed by atoms with E-state index in [0.29, 0.717) is 6.04 Å². The molecule has 0 aliphatic heterocycles. The van der Waals surface area contributed by atoms with Crippen molar-refractivity contribution in [2.45, 2.75) is 25.4 Å². The number of aromatic nitrogens is 1. The van der Waals surface area contributed by atoms with Gasteiger partial charge in [0.2, 0.25) is 0 Å². The summed E-state index contributed by atoms with van der Waals surface area (Å²) in [6.07, 6.45) is 6.16. The Balaban J connectivity index is 2.23.